The Bertz CT molecular complexity index is 216. The maximum atomic E-state index is 4.04. The van der Waals surface area contributed by atoms with E-state index in [-0.39, 0.29) is 0 Å². The summed E-state index contributed by atoms with van der Waals surface area (Å²) in [6.45, 7) is 0.971. The molecule has 1 heterocycles. The lowest BCUT2D eigenvalue weighted by atomic mass is 10.3. The zero-order valence-corrected chi connectivity index (χ0v) is 6.46. The summed E-state index contributed by atoms with van der Waals surface area (Å²) in [5.74, 6) is 0. The minimum absolute atomic E-state index is 0.787. The van der Waals surface area contributed by atoms with E-state index < -0.39 is 0 Å². The molecule has 1 aromatic heterocycles. The van der Waals surface area contributed by atoms with E-state index in [4.69, 9.17) is 0 Å². The monoisotopic (exact) mass is 148 g/mol. The van der Waals surface area contributed by atoms with Gasteiger partial charge in [-0.15, -0.1) is 0 Å². The highest BCUT2D eigenvalue weighted by molar-refractivity contribution is 5.08. The topological polar surface area (TPSA) is 24.9 Å². The Morgan fingerprint density at radius 3 is 3.09 bits per heavy atom. The summed E-state index contributed by atoms with van der Waals surface area (Å²) in [5, 5.41) is 3.43. The Balaban J connectivity index is 1.85. The maximum Gasteiger partial charge on any atom is 0.0312 e. The van der Waals surface area contributed by atoms with Crippen LogP contribution in [0.2, 0.25) is 0 Å². The number of pyridine rings is 1. The van der Waals surface area contributed by atoms with E-state index >= 15 is 0 Å². The maximum absolute atomic E-state index is 4.04. The third kappa shape index (κ3) is 2.02. The summed E-state index contributed by atoms with van der Waals surface area (Å²) < 4.78 is 0. The molecule has 0 spiro atoms. The van der Waals surface area contributed by atoms with Gasteiger partial charge in [0.2, 0.25) is 0 Å². The Kier molecular flexibility index (Phi) is 1.86. The fourth-order valence-electron chi connectivity index (χ4n) is 1.05. The highest BCUT2D eigenvalue weighted by Gasteiger charge is 2.19. The van der Waals surface area contributed by atoms with Crippen LogP contribution in [-0.2, 0) is 6.54 Å². The second-order valence-corrected chi connectivity index (χ2v) is 3.02. The van der Waals surface area contributed by atoms with Crippen LogP contribution in [0.25, 0.3) is 0 Å². The first kappa shape index (κ1) is 6.80. The molecule has 1 aliphatic carbocycles. The summed E-state index contributed by atoms with van der Waals surface area (Å²) in [7, 11) is 0. The van der Waals surface area contributed by atoms with Crippen molar-refractivity contribution in [1.29, 1.82) is 0 Å². The van der Waals surface area contributed by atoms with E-state index in [0.29, 0.717) is 0 Å². The zero-order valence-electron chi connectivity index (χ0n) is 6.46. The van der Waals surface area contributed by atoms with Crippen molar-refractivity contribution < 1.29 is 0 Å². The van der Waals surface area contributed by atoms with E-state index in [1.165, 1.54) is 18.4 Å². The van der Waals surface area contributed by atoms with Crippen molar-refractivity contribution in [3.05, 3.63) is 30.1 Å². The number of hydrogen-bond acceptors (Lipinski definition) is 2. The molecule has 1 saturated carbocycles. The molecule has 1 fully saturated rings. The molecule has 1 aromatic rings. The number of nitrogens with zero attached hydrogens (tertiary/aromatic N) is 1. The minimum Gasteiger partial charge on any atom is -0.310 e. The molecular weight excluding hydrogens is 136 g/mol. The smallest absolute Gasteiger partial charge is 0.0312 e. The van der Waals surface area contributed by atoms with Crippen molar-refractivity contribution in [2.75, 3.05) is 0 Å². The van der Waals surface area contributed by atoms with Gasteiger partial charge in [0.15, 0.2) is 0 Å². The summed E-state index contributed by atoms with van der Waals surface area (Å²) in [5.41, 5.74) is 1.28. The van der Waals surface area contributed by atoms with Crippen LogP contribution < -0.4 is 5.32 Å². The Morgan fingerprint density at radius 2 is 2.45 bits per heavy atom. The standard InChI is InChI=1S/C9H12N2/c1-2-8(6-10-5-1)7-11-9-3-4-9/h1-2,5-6,9,11H,3-4,7H2. The molecular formula is C9H12N2. The van der Waals surface area contributed by atoms with Crippen LogP contribution in [0.1, 0.15) is 18.4 Å². The second-order valence-electron chi connectivity index (χ2n) is 3.02. The van der Waals surface area contributed by atoms with Crippen LogP contribution in [0, 0.1) is 0 Å². The molecule has 0 aromatic carbocycles. The van der Waals surface area contributed by atoms with Gasteiger partial charge in [0.1, 0.15) is 0 Å². The first-order chi connectivity index (χ1) is 5.45. The molecule has 1 aliphatic rings. The fourth-order valence-corrected chi connectivity index (χ4v) is 1.05. The van der Waals surface area contributed by atoms with Gasteiger partial charge in [-0.3, -0.25) is 4.98 Å². The van der Waals surface area contributed by atoms with Crippen molar-refractivity contribution in [3.63, 3.8) is 0 Å². The van der Waals surface area contributed by atoms with E-state index in [2.05, 4.69) is 16.4 Å². The quantitative estimate of drug-likeness (QED) is 0.699. The molecule has 0 unspecified atom stereocenters. The minimum atomic E-state index is 0.787. The second kappa shape index (κ2) is 3.01. The molecule has 11 heavy (non-hydrogen) atoms. The third-order valence-electron chi connectivity index (χ3n) is 1.90. The van der Waals surface area contributed by atoms with Crippen LogP contribution in [0.4, 0.5) is 0 Å². The van der Waals surface area contributed by atoms with Gasteiger partial charge in [-0.25, -0.2) is 0 Å². The predicted molar refractivity (Wildman–Crippen MR) is 44.1 cm³/mol. The Hall–Kier alpha value is -0.890. The van der Waals surface area contributed by atoms with Gasteiger partial charge >= 0.3 is 0 Å². The molecule has 0 amide bonds. The Labute approximate surface area is 66.7 Å². The van der Waals surface area contributed by atoms with Crippen molar-refractivity contribution in [2.24, 2.45) is 0 Å². The number of hydrogen-bond donors (Lipinski definition) is 1. The zero-order chi connectivity index (χ0) is 7.52. The van der Waals surface area contributed by atoms with Gasteiger partial charge in [0.05, 0.1) is 0 Å². The number of aromatic nitrogens is 1. The largest absolute Gasteiger partial charge is 0.310 e. The summed E-state index contributed by atoms with van der Waals surface area (Å²) in [4.78, 5) is 4.04. The first-order valence-electron chi connectivity index (χ1n) is 4.07. The van der Waals surface area contributed by atoms with Crippen LogP contribution in [0.5, 0.6) is 0 Å². The third-order valence-corrected chi connectivity index (χ3v) is 1.90. The van der Waals surface area contributed by atoms with Gasteiger partial charge in [0.25, 0.3) is 0 Å². The predicted octanol–water partition coefficient (Wildman–Crippen LogP) is 1.33. The van der Waals surface area contributed by atoms with Crippen molar-refractivity contribution in [2.45, 2.75) is 25.4 Å². The Morgan fingerprint density at radius 1 is 1.55 bits per heavy atom. The van der Waals surface area contributed by atoms with Crippen LogP contribution in [0.3, 0.4) is 0 Å². The fraction of sp³-hybridized carbons (Fsp3) is 0.444. The van der Waals surface area contributed by atoms with Crippen LogP contribution >= 0.6 is 0 Å². The molecule has 58 valence electrons. The van der Waals surface area contributed by atoms with Crippen LogP contribution in [0.15, 0.2) is 24.5 Å². The van der Waals surface area contributed by atoms with E-state index in [0.717, 1.165) is 12.6 Å². The molecule has 2 nitrogen and oxygen atoms in total. The van der Waals surface area contributed by atoms with E-state index in [1.54, 1.807) is 6.20 Å². The van der Waals surface area contributed by atoms with Crippen molar-refractivity contribution in [1.82, 2.24) is 10.3 Å². The van der Waals surface area contributed by atoms with Gasteiger partial charge in [0, 0.05) is 25.0 Å². The van der Waals surface area contributed by atoms with Crippen molar-refractivity contribution >= 4 is 0 Å². The molecule has 1 N–H and O–H groups in total. The van der Waals surface area contributed by atoms with Gasteiger partial charge in [-0.2, -0.15) is 0 Å². The normalized spacial score (nSPS) is 16.7. The molecule has 0 radical (unpaired) electrons. The van der Waals surface area contributed by atoms with E-state index in [9.17, 15) is 0 Å². The molecule has 0 atom stereocenters. The average Bonchev–Trinajstić information content (AvgIpc) is 2.86. The van der Waals surface area contributed by atoms with Gasteiger partial charge < -0.3 is 5.32 Å². The molecule has 0 aliphatic heterocycles. The molecule has 2 rings (SSSR count). The SMILES string of the molecule is c1cncc(CNC2CC2)c1. The molecule has 2 heteroatoms. The van der Waals surface area contributed by atoms with Crippen LogP contribution in [-0.4, -0.2) is 11.0 Å². The number of nitrogens with one attached hydrogen (secondary N) is 1. The summed E-state index contributed by atoms with van der Waals surface area (Å²) in [6, 6.07) is 4.86. The highest BCUT2D eigenvalue weighted by atomic mass is 14.9. The number of rotatable bonds is 3. The van der Waals surface area contributed by atoms with Gasteiger partial charge in [-0.05, 0) is 24.5 Å². The lowest BCUT2D eigenvalue weighted by Gasteiger charge is -2.00. The highest BCUT2D eigenvalue weighted by Crippen LogP contribution is 2.18. The van der Waals surface area contributed by atoms with Gasteiger partial charge in [-0.1, -0.05) is 6.07 Å². The lowest BCUT2D eigenvalue weighted by Crippen LogP contribution is -2.15. The summed E-state index contributed by atoms with van der Waals surface area (Å²) in [6.07, 6.45) is 6.41. The average molecular weight is 148 g/mol. The molecule has 0 saturated heterocycles. The summed E-state index contributed by atoms with van der Waals surface area (Å²) >= 11 is 0. The molecule has 0 bridgehead atoms. The van der Waals surface area contributed by atoms with E-state index in [1.807, 2.05) is 12.3 Å². The first-order valence-corrected chi connectivity index (χ1v) is 4.07. The lowest BCUT2D eigenvalue weighted by molar-refractivity contribution is 0.686. The van der Waals surface area contributed by atoms with Crippen molar-refractivity contribution in [3.8, 4) is 0 Å².